The van der Waals surface area contributed by atoms with Crippen molar-refractivity contribution in [1.82, 2.24) is 29.7 Å². The number of imidazole rings is 1. The average molecular weight is 302 g/mol. The third-order valence-electron chi connectivity index (χ3n) is 4.07. The number of hydrogen-bond acceptors (Lipinski definition) is 5. The zero-order chi connectivity index (χ0) is 15.5. The summed E-state index contributed by atoms with van der Waals surface area (Å²) in [5.41, 5.74) is 0.757. The van der Waals surface area contributed by atoms with Crippen LogP contribution in [0, 0.1) is 0 Å². The van der Waals surface area contributed by atoms with Gasteiger partial charge in [0.15, 0.2) is 0 Å². The van der Waals surface area contributed by atoms with E-state index in [2.05, 4.69) is 25.2 Å². The van der Waals surface area contributed by atoms with Crippen LogP contribution in [0.15, 0.2) is 23.3 Å². The van der Waals surface area contributed by atoms with E-state index < -0.39 is 0 Å². The summed E-state index contributed by atoms with van der Waals surface area (Å²) in [6.45, 7) is 5.31. The SMILES string of the molecule is CCc1cc(=O)[nH]c(CN2CCNCC2c2nccn2C)n1. The maximum absolute atomic E-state index is 11.7. The average Bonchev–Trinajstić information content (AvgIpc) is 2.93. The number of nitrogens with one attached hydrogen (secondary N) is 2. The number of nitrogens with zero attached hydrogens (tertiary/aromatic N) is 4. The lowest BCUT2D eigenvalue weighted by Gasteiger charge is -2.35. The Kier molecular flexibility index (Phi) is 4.35. The van der Waals surface area contributed by atoms with Gasteiger partial charge in [-0.25, -0.2) is 9.97 Å². The van der Waals surface area contributed by atoms with Gasteiger partial charge in [0, 0.05) is 50.8 Å². The van der Waals surface area contributed by atoms with Crippen LogP contribution in [0.25, 0.3) is 0 Å². The fourth-order valence-corrected chi connectivity index (χ4v) is 2.90. The lowest BCUT2D eigenvalue weighted by Crippen LogP contribution is -2.46. The van der Waals surface area contributed by atoms with Gasteiger partial charge in [-0.2, -0.15) is 0 Å². The van der Waals surface area contributed by atoms with Crippen LogP contribution < -0.4 is 10.9 Å². The van der Waals surface area contributed by atoms with Crippen LogP contribution in [0.3, 0.4) is 0 Å². The van der Waals surface area contributed by atoms with Gasteiger partial charge in [0.1, 0.15) is 11.6 Å². The highest BCUT2D eigenvalue weighted by molar-refractivity contribution is 5.05. The molecule has 0 saturated carbocycles. The molecule has 0 radical (unpaired) electrons. The molecular weight excluding hydrogens is 280 g/mol. The molecule has 1 saturated heterocycles. The van der Waals surface area contributed by atoms with Crippen molar-refractivity contribution < 1.29 is 0 Å². The fourth-order valence-electron chi connectivity index (χ4n) is 2.90. The van der Waals surface area contributed by atoms with E-state index >= 15 is 0 Å². The summed E-state index contributed by atoms with van der Waals surface area (Å²) < 4.78 is 2.04. The molecule has 0 spiro atoms. The number of rotatable bonds is 4. The van der Waals surface area contributed by atoms with Crippen molar-refractivity contribution in [2.24, 2.45) is 7.05 Å². The first kappa shape index (κ1) is 14.9. The van der Waals surface area contributed by atoms with Gasteiger partial charge in [0.25, 0.3) is 5.56 Å². The van der Waals surface area contributed by atoms with Crippen molar-refractivity contribution in [3.05, 3.63) is 46.2 Å². The molecule has 3 heterocycles. The lowest BCUT2D eigenvalue weighted by atomic mass is 10.1. The van der Waals surface area contributed by atoms with Crippen molar-refractivity contribution in [2.45, 2.75) is 25.9 Å². The quantitative estimate of drug-likeness (QED) is 0.844. The highest BCUT2D eigenvalue weighted by Crippen LogP contribution is 2.21. The number of H-pyrrole nitrogens is 1. The number of aromatic nitrogens is 4. The van der Waals surface area contributed by atoms with Gasteiger partial charge in [0.2, 0.25) is 0 Å². The van der Waals surface area contributed by atoms with Gasteiger partial charge in [-0.15, -0.1) is 0 Å². The van der Waals surface area contributed by atoms with E-state index in [1.807, 2.05) is 30.9 Å². The second kappa shape index (κ2) is 6.41. The molecule has 1 fully saturated rings. The molecule has 2 N–H and O–H groups in total. The Labute approximate surface area is 129 Å². The normalized spacial score (nSPS) is 19.5. The van der Waals surface area contributed by atoms with Gasteiger partial charge in [-0.05, 0) is 6.42 Å². The number of aryl methyl sites for hydroxylation is 2. The highest BCUT2D eigenvalue weighted by atomic mass is 16.1. The van der Waals surface area contributed by atoms with E-state index in [1.165, 1.54) is 0 Å². The molecule has 1 atom stereocenters. The number of hydrogen-bond donors (Lipinski definition) is 2. The Hall–Kier alpha value is -1.99. The van der Waals surface area contributed by atoms with Crippen LogP contribution in [0.4, 0.5) is 0 Å². The third kappa shape index (κ3) is 3.10. The van der Waals surface area contributed by atoms with Crippen LogP contribution in [0.1, 0.15) is 30.3 Å². The first-order valence-electron chi connectivity index (χ1n) is 7.68. The van der Waals surface area contributed by atoms with Crippen molar-refractivity contribution in [2.75, 3.05) is 19.6 Å². The molecule has 0 amide bonds. The smallest absolute Gasteiger partial charge is 0.251 e. The van der Waals surface area contributed by atoms with Gasteiger partial charge < -0.3 is 14.9 Å². The molecule has 1 aliphatic heterocycles. The molecule has 7 nitrogen and oxygen atoms in total. The number of piperazine rings is 1. The van der Waals surface area contributed by atoms with Gasteiger partial charge in [-0.3, -0.25) is 9.69 Å². The molecule has 2 aromatic heterocycles. The predicted molar refractivity (Wildman–Crippen MR) is 83.5 cm³/mol. The van der Waals surface area contributed by atoms with Gasteiger partial charge >= 0.3 is 0 Å². The van der Waals surface area contributed by atoms with E-state index in [1.54, 1.807) is 6.07 Å². The van der Waals surface area contributed by atoms with E-state index in [4.69, 9.17) is 0 Å². The monoisotopic (exact) mass is 302 g/mol. The molecule has 0 bridgehead atoms. The van der Waals surface area contributed by atoms with Crippen LogP contribution in [-0.4, -0.2) is 44.1 Å². The van der Waals surface area contributed by atoms with Crippen molar-refractivity contribution in [3.63, 3.8) is 0 Å². The third-order valence-corrected chi connectivity index (χ3v) is 4.07. The topological polar surface area (TPSA) is 78.8 Å². The molecule has 7 heteroatoms. The first-order chi connectivity index (χ1) is 10.7. The van der Waals surface area contributed by atoms with E-state index in [0.717, 1.165) is 43.4 Å². The molecule has 118 valence electrons. The minimum Gasteiger partial charge on any atom is -0.337 e. The minimum absolute atomic E-state index is 0.0782. The standard InChI is InChI=1S/C15H22N6O/c1-3-11-8-14(22)19-13(18-11)10-21-7-4-16-9-12(21)15-17-5-6-20(15)2/h5-6,8,12,16H,3-4,7,9-10H2,1-2H3,(H,18,19,22). The summed E-state index contributed by atoms with van der Waals surface area (Å²) >= 11 is 0. The van der Waals surface area contributed by atoms with Crippen molar-refractivity contribution in [1.29, 1.82) is 0 Å². The summed E-state index contributed by atoms with van der Waals surface area (Å²) in [5, 5.41) is 3.41. The summed E-state index contributed by atoms with van der Waals surface area (Å²) in [7, 11) is 2.01. The summed E-state index contributed by atoms with van der Waals surface area (Å²) in [6, 6.07) is 1.75. The zero-order valence-electron chi connectivity index (χ0n) is 13.0. The lowest BCUT2D eigenvalue weighted by molar-refractivity contribution is 0.141. The molecule has 2 aromatic rings. The second-order valence-electron chi connectivity index (χ2n) is 5.62. The van der Waals surface area contributed by atoms with Gasteiger partial charge in [-0.1, -0.05) is 6.92 Å². The molecule has 3 rings (SSSR count). The molecule has 1 aliphatic rings. The Morgan fingerprint density at radius 3 is 3.05 bits per heavy atom. The van der Waals surface area contributed by atoms with Crippen LogP contribution in [0.5, 0.6) is 0 Å². The van der Waals surface area contributed by atoms with E-state index in [9.17, 15) is 4.79 Å². The maximum Gasteiger partial charge on any atom is 0.251 e. The molecule has 0 aromatic carbocycles. The van der Waals surface area contributed by atoms with Crippen molar-refractivity contribution in [3.8, 4) is 0 Å². The Bertz CT molecular complexity index is 691. The second-order valence-corrected chi connectivity index (χ2v) is 5.62. The maximum atomic E-state index is 11.7. The Balaban J connectivity index is 1.84. The first-order valence-corrected chi connectivity index (χ1v) is 7.68. The highest BCUT2D eigenvalue weighted by Gasteiger charge is 2.27. The van der Waals surface area contributed by atoms with E-state index in [-0.39, 0.29) is 11.6 Å². The summed E-state index contributed by atoms with van der Waals surface area (Å²) in [6.07, 6.45) is 4.54. The Morgan fingerprint density at radius 2 is 2.32 bits per heavy atom. The molecular formula is C15H22N6O. The fraction of sp³-hybridized carbons (Fsp3) is 0.533. The Morgan fingerprint density at radius 1 is 1.45 bits per heavy atom. The van der Waals surface area contributed by atoms with Crippen LogP contribution in [0.2, 0.25) is 0 Å². The molecule has 22 heavy (non-hydrogen) atoms. The van der Waals surface area contributed by atoms with Crippen LogP contribution in [-0.2, 0) is 20.0 Å². The minimum atomic E-state index is -0.0782. The van der Waals surface area contributed by atoms with E-state index in [0.29, 0.717) is 6.54 Å². The number of aromatic amines is 1. The summed E-state index contributed by atoms with van der Waals surface area (Å²) in [4.78, 5) is 25.9. The molecule has 0 aliphatic carbocycles. The zero-order valence-corrected chi connectivity index (χ0v) is 13.0. The summed E-state index contributed by atoms with van der Waals surface area (Å²) in [5.74, 6) is 1.76. The largest absolute Gasteiger partial charge is 0.337 e. The van der Waals surface area contributed by atoms with Gasteiger partial charge in [0.05, 0.1) is 12.6 Å². The van der Waals surface area contributed by atoms with Crippen LogP contribution >= 0.6 is 0 Å². The van der Waals surface area contributed by atoms with Crippen molar-refractivity contribution >= 4 is 0 Å². The predicted octanol–water partition coefficient (Wildman–Crippen LogP) is 0.212. The molecule has 1 unspecified atom stereocenters.